The summed E-state index contributed by atoms with van der Waals surface area (Å²) in [6.07, 6.45) is 5.85. The normalized spacial score (nSPS) is 21.2. The first kappa shape index (κ1) is 13.3. The zero-order valence-electron chi connectivity index (χ0n) is 11.0. The van der Waals surface area contributed by atoms with Gasteiger partial charge in [-0.05, 0) is 44.9 Å². The monoisotopic (exact) mass is 226 g/mol. The number of rotatable bonds is 4. The summed E-state index contributed by atoms with van der Waals surface area (Å²) < 4.78 is 0. The highest BCUT2D eigenvalue weighted by Crippen LogP contribution is 2.16. The molecule has 1 atom stereocenters. The largest absolute Gasteiger partial charge is 0.338 e. The molecule has 3 nitrogen and oxygen atoms in total. The Morgan fingerprint density at radius 3 is 2.81 bits per heavy atom. The van der Waals surface area contributed by atoms with Gasteiger partial charge in [-0.25, -0.2) is 4.79 Å². The van der Waals surface area contributed by atoms with E-state index in [1.165, 1.54) is 12.8 Å². The van der Waals surface area contributed by atoms with Crippen molar-refractivity contribution >= 4 is 6.03 Å². The molecular weight excluding hydrogens is 200 g/mol. The van der Waals surface area contributed by atoms with Crippen LogP contribution in [0.2, 0.25) is 0 Å². The summed E-state index contributed by atoms with van der Waals surface area (Å²) in [6.45, 7) is 8.33. The zero-order valence-corrected chi connectivity index (χ0v) is 11.0. The van der Waals surface area contributed by atoms with Gasteiger partial charge in [0.2, 0.25) is 0 Å². The Morgan fingerprint density at radius 2 is 2.19 bits per heavy atom. The quantitative estimate of drug-likeness (QED) is 0.734. The van der Waals surface area contributed by atoms with Crippen molar-refractivity contribution in [3.05, 3.63) is 0 Å². The van der Waals surface area contributed by atoms with Crippen LogP contribution in [0.15, 0.2) is 0 Å². The molecule has 0 saturated carbocycles. The number of carbonyl (C=O) groups excluding carboxylic acids is 1. The number of piperidine rings is 1. The Kier molecular flexibility index (Phi) is 5.64. The molecule has 1 saturated heterocycles. The van der Waals surface area contributed by atoms with Crippen LogP contribution in [0.4, 0.5) is 4.79 Å². The summed E-state index contributed by atoms with van der Waals surface area (Å²) in [5.74, 6) is 0.728. The van der Waals surface area contributed by atoms with Crippen LogP contribution in [-0.4, -0.2) is 30.1 Å². The van der Waals surface area contributed by atoms with Crippen molar-refractivity contribution in [3.63, 3.8) is 0 Å². The molecule has 0 radical (unpaired) electrons. The highest BCUT2D eigenvalue weighted by Gasteiger charge is 2.22. The topological polar surface area (TPSA) is 32.3 Å². The third-order valence-electron chi connectivity index (χ3n) is 3.30. The minimum atomic E-state index is 0.135. The molecule has 1 unspecified atom stereocenters. The average Bonchev–Trinajstić information content (AvgIpc) is 2.24. The Hall–Kier alpha value is -0.730. The molecule has 0 bridgehead atoms. The van der Waals surface area contributed by atoms with Crippen LogP contribution in [0.1, 0.15) is 52.9 Å². The predicted molar refractivity (Wildman–Crippen MR) is 67.5 cm³/mol. The van der Waals surface area contributed by atoms with Gasteiger partial charge in [-0.2, -0.15) is 0 Å². The first-order valence-electron chi connectivity index (χ1n) is 6.65. The minimum Gasteiger partial charge on any atom is -0.338 e. The van der Waals surface area contributed by atoms with E-state index in [9.17, 15) is 4.79 Å². The van der Waals surface area contributed by atoms with Gasteiger partial charge in [0.1, 0.15) is 0 Å². The zero-order chi connectivity index (χ0) is 12.0. The molecule has 1 heterocycles. The number of hydrogen-bond acceptors (Lipinski definition) is 1. The SMILES string of the molecule is CC(C)CCCNC(=O)N1CCCCC1C. The van der Waals surface area contributed by atoms with Gasteiger partial charge in [-0.1, -0.05) is 13.8 Å². The fraction of sp³-hybridized carbons (Fsp3) is 0.923. The van der Waals surface area contributed by atoms with Crippen molar-refractivity contribution in [3.8, 4) is 0 Å². The maximum atomic E-state index is 11.9. The van der Waals surface area contributed by atoms with Gasteiger partial charge in [-0.15, -0.1) is 0 Å². The van der Waals surface area contributed by atoms with Crippen LogP contribution in [0.3, 0.4) is 0 Å². The second kappa shape index (κ2) is 6.77. The lowest BCUT2D eigenvalue weighted by atomic mass is 10.0. The van der Waals surface area contributed by atoms with Crippen LogP contribution >= 0.6 is 0 Å². The molecule has 1 aliphatic rings. The van der Waals surface area contributed by atoms with Gasteiger partial charge in [0.15, 0.2) is 0 Å². The molecule has 1 rings (SSSR count). The van der Waals surface area contributed by atoms with E-state index >= 15 is 0 Å². The summed E-state index contributed by atoms with van der Waals surface area (Å²) in [5.41, 5.74) is 0. The Morgan fingerprint density at radius 1 is 1.44 bits per heavy atom. The van der Waals surface area contributed by atoms with Crippen LogP contribution in [0.25, 0.3) is 0 Å². The van der Waals surface area contributed by atoms with Gasteiger partial charge in [-0.3, -0.25) is 0 Å². The molecule has 0 aromatic heterocycles. The van der Waals surface area contributed by atoms with Crippen LogP contribution in [0, 0.1) is 5.92 Å². The van der Waals surface area contributed by atoms with Crippen LogP contribution < -0.4 is 5.32 Å². The average molecular weight is 226 g/mol. The van der Waals surface area contributed by atoms with E-state index in [2.05, 4.69) is 26.1 Å². The minimum absolute atomic E-state index is 0.135. The number of urea groups is 1. The van der Waals surface area contributed by atoms with Crippen LogP contribution in [0.5, 0.6) is 0 Å². The van der Waals surface area contributed by atoms with Gasteiger partial charge in [0.05, 0.1) is 0 Å². The van der Waals surface area contributed by atoms with E-state index in [0.717, 1.165) is 38.3 Å². The summed E-state index contributed by atoms with van der Waals surface area (Å²) in [6, 6.07) is 0.551. The van der Waals surface area contributed by atoms with E-state index in [1.54, 1.807) is 0 Å². The van der Waals surface area contributed by atoms with Crippen molar-refractivity contribution in [2.24, 2.45) is 5.92 Å². The first-order chi connectivity index (χ1) is 7.61. The fourth-order valence-electron chi connectivity index (χ4n) is 2.21. The van der Waals surface area contributed by atoms with E-state index in [-0.39, 0.29) is 6.03 Å². The van der Waals surface area contributed by atoms with Gasteiger partial charge in [0.25, 0.3) is 0 Å². The summed E-state index contributed by atoms with van der Waals surface area (Å²) in [5, 5.41) is 3.03. The Balaban J connectivity index is 2.18. The second-order valence-electron chi connectivity index (χ2n) is 5.31. The predicted octanol–water partition coefficient (Wildman–Crippen LogP) is 3.01. The van der Waals surface area contributed by atoms with E-state index in [4.69, 9.17) is 0 Å². The highest BCUT2D eigenvalue weighted by atomic mass is 16.2. The maximum Gasteiger partial charge on any atom is 0.317 e. The fourth-order valence-corrected chi connectivity index (χ4v) is 2.21. The van der Waals surface area contributed by atoms with E-state index in [1.807, 2.05) is 4.90 Å². The lowest BCUT2D eigenvalue weighted by Crippen LogP contribution is -2.47. The summed E-state index contributed by atoms with van der Waals surface area (Å²) in [4.78, 5) is 13.9. The van der Waals surface area contributed by atoms with Crippen molar-refractivity contribution in [1.82, 2.24) is 10.2 Å². The number of nitrogens with zero attached hydrogens (tertiary/aromatic N) is 1. The number of hydrogen-bond donors (Lipinski definition) is 1. The molecule has 3 heteroatoms. The summed E-state index contributed by atoms with van der Waals surface area (Å²) in [7, 11) is 0. The number of likely N-dealkylation sites (tertiary alicyclic amines) is 1. The first-order valence-corrected chi connectivity index (χ1v) is 6.65. The van der Waals surface area contributed by atoms with Crippen LogP contribution in [-0.2, 0) is 0 Å². The maximum absolute atomic E-state index is 11.9. The van der Waals surface area contributed by atoms with Gasteiger partial charge < -0.3 is 10.2 Å². The molecule has 0 spiro atoms. The van der Waals surface area contributed by atoms with Gasteiger partial charge in [0, 0.05) is 19.1 Å². The van der Waals surface area contributed by atoms with Crippen molar-refractivity contribution in [2.45, 2.75) is 58.9 Å². The molecular formula is C13H26N2O. The van der Waals surface area contributed by atoms with Crippen molar-refractivity contribution in [2.75, 3.05) is 13.1 Å². The third-order valence-corrected chi connectivity index (χ3v) is 3.30. The number of amides is 2. The molecule has 94 valence electrons. The molecule has 0 aromatic rings. The molecule has 1 N–H and O–H groups in total. The Labute approximate surface area is 99.6 Å². The summed E-state index contributed by atoms with van der Waals surface area (Å²) >= 11 is 0. The van der Waals surface area contributed by atoms with E-state index < -0.39 is 0 Å². The lowest BCUT2D eigenvalue weighted by Gasteiger charge is -2.33. The molecule has 0 aromatic carbocycles. The lowest BCUT2D eigenvalue weighted by molar-refractivity contribution is 0.158. The standard InChI is InChI=1S/C13H26N2O/c1-11(2)7-6-9-14-13(16)15-10-5-4-8-12(15)3/h11-12H,4-10H2,1-3H3,(H,14,16). The van der Waals surface area contributed by atoms with Crippen molar-refractivity contribution < 1.29 is 4.79 Å². The number of nitrogens with one attached hydrogen (secondary N) is 1. The second-order valence-corrected chi connectivity index (χ2v) is 5.31. The molecule has 2 amide bonds. The third kappa shape index (κ3) is 4.42. The molecule has 0 aliphatic carbocycles. The van der Waals surface area contributed by atoms with Gasteiger partial charge >= 0.3 is 6.03 Å². The van der Waals surface area contributed by atoms with E-state index in [0.29, 0.717) is 6.04 Å². The molecule has 1 fully saturated rings. The number of carbonyl (C=O) groups is 1. The van der Waals surface area contributed by atoms with Crippen molar-refractivity contribution in [1.29, 1.82) is 0 Å². The molecule has 1 aliphatic heterocycles. The smallest absolute Gasteiger partial charge is 0.317 e. The molecule has 16 heavy (non-hydrogen) atoms. The Bertz CT molecular complexity index is 216. The highest BCUT2D eigenvalue weighted by molar-refractivity contribution is 5.74.